The van der Waals surface area contributed by atoms with Gasteiger partial charge in [-0.3, -0.25) is 19.7 Å². The van der Waals surface area contributed by atoms with Crippen LogP contribution in [0, 0.1) is 23.0 Å². The van der Waals surface area contributed by atoms with E-state index in [-0.39, 0.29) is 23.5 Å². The zero-order valence-electron chi connectivity index (χ0n) is 12.1. The number of nitrogens with zero attached hydrogens (tertiary/aromatic N) is 2. The van der Waals surface area contributed by atoms with Crippen molar-refractivity contribution in [3.63, 3.8) is 0 Å². The molecule has 0 spiro atoms. The molecule has 0 bridgehead atoms. The average molecular weight is 307 g/mol. The lowest BCUT2D eigenvalue weighted by Crippen LogP contribution is -2.42. The molecule has 1 aromatic rings. The molecule has 1 unspecified atom stereocenters. The fourth-order valence-corrected chi connectivity index (χ4v) is 2.64. The van der Waals surface area contributed by atoms with E-state index < -0.39 is 22.7 Å². The molecule has 118 valence electrons. The van der Waals surface area contributed by atoms with Gasteiger partial charge in [0.25, 0.3) is 11.6 Å². The van der Waals surface area contributed by atoms with E-state index in [1.54, 1.807) is 6.92 Å². The van der Waals surface area contributed by atoms with Crippen molar-refractivity contribution in [1.29, 1.82) is 0 Å². The fourth-order valence-electron chi connectivity index (χ4n) is 2.64. The molecule has 3 N–H and O–H groups in total. The predicted octanol–water partition coefficient (Wildman–Crippen LogP) is 1.42. The second kappa shape index (κ2) is 6.00. The van der Waals surface area contributed by atoms with Crippen LogP contribution < -0.4 is 5.73 Å². The number of nitrogen functional groups attached to an aromatic ring is 1. The Morgan fingerprint density at radius 3 is 2.73 bits per heavy atom. The Hall–Kier alpha value is -2.64. The van der Waals surface area contributed by atoms with Gasteiger partial charge in [0, 0.05) is 19.2 Å². The molecule has 1 aliphatic heterocycles. The lowest BCUT2D eigenvalue weighted by molar-refractivity contribution is -0.384. The molecule has 2 rings (SSSR count). The third kappa shape index (κ3) is 3.00. The highest BCUT2D eigenvalue weighted by molar-refractivity contribution is 6.01. The van der Waals surface area contributed by atoms with E-state index in [0.29, 0.717) is 24.9 Å². The summed E-state index contributed by atoms with van der Waals surface area (Å²) < 4.78 is 0. The van der Waals surface area contributed by atoms with Crippen molar-refractivity contribution >= 4 is 23.3 Å². The molecule has 1 fully saturated rings. The number of nitro groups is 1. The molecule has 1 saturated heterocycles. The Morgan fingerprint density at radius 2 is 2.14 bits per heavy atom. The molecule has 0 saturated carbocycles. The van der Waals surface area contributed by atoms with Gasteiger partial charge in [0.2, 0.25) is 0 Å². The molecule has 0 aromatic heterocycles. The monoisotopic (exact) mass is 307 g/mol. The molecular formula is C14H17N3O5. The van der Waals surface area contributed by atoms with E-state index in [0.717, 1.165) is 0 Å². The summed E-state index contributed by atoms with van der Waals surface area (Å²) in [6, 6.07) is 2.80. The number of carboxylic acids is 1. The largest absolute Gasteiger partial charge is 0.481 e. The number of anilines is 1. The molecule has 8 nitrogen and oxygen atoms in total. The Balaban J connectivity index is 2.33. The van der Waals surface area contributed by atoms with E-state index in [9.17, 15) is 19.7 Å². The number of carbonyl (C=O) groups excluding carboxylic acids is 1. The van der Waals surface area contributed by atoms with Crippen molar-refractivity contribution < 1.29 is 19.6 Å². The van der Waals surface area contributed by atoms with Crippen molar-refractivity contribution in [2.24, 2.45) is 5.92 Å². The highest BCUT2D eigenvalue weighted by Crippen LogP contribution is 2.29. The molecule has 22 heavy (non-hydrogen) atoms. The summed E-state index contributed by atoms with van der Waals surface area (Å²) >= 11 is 0. The van der Waals surface area contributed by atoms with Crippen LogP contribution in [0.5, 0.6) is 0 Å². The van der Waals surface area contributed by atoms with Crippen molar-refractivity contribution in [2.45, 2.75) is 19.8 Å². The second-order valence-corrected chi connectivity index (χ2v) is 5.43. The van der Waals surface area contributed by atoms with Crippen molar-refractivity contribution in [2.75, 3.05) is 18.8 Å². The number of benzene rings is 1. The van der Waals surface area contributed by atoms with E-state index in [1.165, 1.54) is 17.0 Å². The minimum Gasteiger partial charge on any atom is -0.481 e. The number of nitro benzene ring substituents is 1. The minimum atomic E-state index is -0.944. The molecule has 1 aromatic carbocycles. The summed E-state index contributed by atoms with van der Waals surface area (Å²) in [5.41, 5.74) is 5.86. The first-order valence-electron chi connectivity index (χ1n) is 6.88. The summed E-state index contributed by atoms with van der Waals surface area (Å²) in [6.45, 7) is 2.15. The zero-order valence-corrected chi connectivity index (χ0v) is 12.1. The maximum absolute atomic E-state index is 12.5. The number of hydrogen-bond donors (Lipinski definition) is 2. The number of rotatable bonds is 3. The Labute approximate surface area is 126 Å². The van der Waals surface area contributed by atoms with Gasteiger partial charge in [-0.2, -0.15) is 0 Å². The number of piperidine rings is 1. The number of likely N-dealkylation sites (tertiary alicyclic amines) is 1. The highest BCUT2D eigenvalue weighted by Gasteiger charge is 2.30. The summed E-state index contributed by atoms with van der Waals surface area (Å²) in [5, 5.41) is 20.1. The van der Waals surface area contributed by atoms with Gasteiger partial charge in [-0.15, -0.1) is 0 Å². The standard InChI is InChI=1S/C14H17N3O5/c1-8-5-10(12(15)11(6-8)17(21)22)13(18)16-4-2-3-9(7-16)14(19)20/h5-6,9H,2-4,7,15H2,1H3,(H,19,20). The SMILES string of the molecule is Cc1cc(C(=O)N2CCCC(C(=O)O)C2)c(N)c([N+](=O)[O-])c1. The molecule has 0 aliphatic carbocycles. The Morgan fingerprint density at radius 1 is 1.45 bits per heavy atom. The lowest BCUT2D eigenvalue weighted by atomic mass is 9.97. The van der Waals surface area contributed by atoms with E-state index >= 15 is 0 Å². The maximum atomic E-state index is 12.5. The van der Waals surface area contributed by atoms with Crippen LogP contribution >= 0.6 is 0 Å². The summed E-state index contributed by atoms with van der Waals surface area (Å²) in [4.78, 5) is 35.4. The van der Waals surface area contributed by atoms with Crippen LogP contribution in [0.3, 0.4) is 0 Å². The normalized spacial score (nSPS) is 18.0. The van der Waals surface area contributed by atoms with Gasteiger partial charge in [0.05, 0.1) is 16.4 Å². The molecular weight excluding hydrogens is 290 g/mol. The smallest absolute Gasteiger partial charge is 0.308 e. The van der Waals surface area contributed by atoms with Crippen molar-refractivity contribution in [3.05, 3.63) is 33.4 Å². The van der Waals surface area contributed by atoms with Gasteiger partial charge in [-0.25, -0.2) is 0 Å². The van der Waals surface area contributed by atoms with Crippen LogP contribution in [0.4, 0.5) is 11.4 Å². The number of carbonyl (C=O) groups is 2. The van der Waals surface area contributed by atoms with E-state index in [1.807, 2.05) is 0 Å². The number of hydrogen-bond acceptors (Lipinski definition) is 5. The Kier molecular flexibility index (Phi) is 4.30. The third-order valence-corrected chi connectivity index (χ3v) is 3.79. The van der Waals surface area contributed by atoms with Crippen molar-refractivity contribution in [1.82, 2.24) is 4.90 Å². The van der Waals surface area contributed by atoms with Crippen LogP contribution in [0.2, 0.25) is 0 Å². The topological polar surface area (TPSA) is 127 Å². The third-order valence-electron chi connectivity index (χ3n) is 3.79. The first-order valence-corrected chi connectivity index (χ1v) is 6.88. The van der Waals surface area contributed by atoms with Gasteiger partial charge in [-0.1, -0.05) is 0 Å². The average Bonchev–Trinajstić information content (AvgIpc) is 2.48. The second-order valence-electron chi connectivity index (χ2n) is 5.43. The van der Waals surface area contributed by atoms with Gasteiger partial charge in [0.15, 0.2) is 0 Å². The molecule has 1 heterocycles. The molecule has 1 aliphatic rings. The predicted molar refractivity (Wildman–Crippen MR) is 78.5 cm³/mol. The quantitative estimate of drug-likeness (QED) is 0.494. The van der Waals surface area contributed by atoms with Crippen LogP contribution in [0.25, 0.3) is 0 Å². The fraction of sp³-hybridized carbons (Fsp3) is 0.429. The number of nitrogens with two attached hydrogens (primary N) is 1. The highest BCUT2D eigenvalue weighted by atomic mass is 16.6. The van der Waals surface area contributed by atoms with E-state index in [4.69, 9.17) is 10.8 Å². The van der Waals surface area contributed by atoms with E-state index in [2.05, 4.69) is 0 Å². The van der Waals surface area contributed by atoms with Gasteiger partial charge < -0.3 is 15.7 Å². The van der Waals surface area contributed by atoms with Crippen LogP contribution in [0.1, 0.15) is 28.8 Å². The van der Waals surface area contributed by atoms with Gasteiger partial charge in [0.1, 0.15) is 5.69 Å². The number of aryl methyl sites for hydroxylation is 1. The molecule has 1 atom stereocenters. The minimum absolute atomic E-state index is 0.0535. The maximum Gasteiger partial charge on any atom is 0.308 e. The molecule has 0 radical (unpaired) electrons. The van der Waals surface area contributed by atoms with Crippen LogP contribution in [-0.4, -0.2) is 39.9 Å². The van der Waals surface area contributed by atoms with Crippen LogP contribution in [-0.2, 0) is 4.79 Å². The molecule has 8 heteroatoms. The van der Waals surface area contributed by atoms with Crippen LogP contribution in [0.15, 0.2) is 12.1 Å². The van der Waals surface area contributed by atoms with Crippen molar-refractivity contribution in [3.8, 4) is 0 Å². The number of aliphatic carboxylic acids is 1. The molecule has 1 amide bonds. The Bertz CT molecular complexity index is 644. The first-order chi connectivity index (χ1) is 10.3. The van der Waals surface area contributed by atoms with Gasteiger partial charge >= 0.3 is 5.97 Å². The number of carboxylic acid groups (broad SMARTS) is 1. The summed E-state index contributed by atoms with van der Waals surface area (Å²) in [7, 11) is 0. The summed E-state index contributed by atoms with van der Waals surface area (Å²) in [6.07, 6.45) is 1.10. The van der Waals surface area contributed by atoms with Gasteiger partial charge in [-0.05, 0) is 31.4 Å². The number of amides is 1. The zero-order chi connectivity index (χ0) is 16.4. The lowest BCUT2D eigenvalue weighted by Gasteiger charge is -2.31. The first kappa shape index (κ1) is 15.7. The summed E-state index contributed by atoms with van der Waals surface area (Å²) in [5.74, 6) is -2.02.